The van der Waals surface area contributed by atoms with Crippen molar-refractivity contribution >= 4 is 28.6 Å². The monoisotopic (exact) mass is 379 g/mol. The normalized spacial score (nSPS) is 12.9. The molecule has 4 rings (SSSR count). The third-order valence-corrected chi connectivity index (χ3v) is 4.19. The summed E-state index contributed by atoms with van der Waals surface area (Å²) in [6.07, 6.45) is 4.38. The third-order valence-electron chi connectivity index (χ3n) is 4.19. The second kappa shape index (κ2) is 7.43. The zero-order valence-corrected chi connectivity index (χ0v) is 15.0. The summed E-state index contributed by atoms with van der Waals surface area (Å²) < 4.78 is 16.5. The highest BCUT2D eigenvalue weighted by atomic mass is 16.6. The largest absolute Gasteiger partial charge is 0.493 e. The molecule has 2 aromatic carbocycles. The van der Waals surface area contributed by atoms with Gasteiger partial charge in [0.1, 0.15) is 13.2 Å². The first kappa shape index (κ1) is 17.6. The Hall–Kier alpha value is -3.81. The zero-order chi connectivity index (χ0) is 19.5. The average molecular weight is 379 g/mol. The third kappa shape index (κ3) is 3.52. The number of ether oxygens (including phenoxy) is 3. The van der Waals surface area contributed by atoms with Gasteiger partial charge in [0.2, 0.25) is 11.7 Å². The molecule has 142 valence electrons. The molecule has 0 bridgehead atoms. The quantitative estimate of drug-likeness (QED) is 0.675. The van der Waals surface area contributed by atoms with Gasteiger partial charge in [-0.05, 0) is 42.0 Å². The minimum absolute atomic E-state index is 0.264. The number of nitrogens with one attached hydrogen (secondary N) is 2. The molecule has 0 spiro atoms. The Balaban J connectivity index is 1.53. The van der Waals surface area contributed by atoms with Crippen molar-refractivity contribution in [1.29, 1.82) is 0 Å². The molecular weight excluding hydrogens is 362 g/mol. The highest BCUT2D eigenvalue weighted by molar-refractivity contribution is 6.03. The van der Waals surface area contributed by atoms with E-state index in [1.165, 1.54) is 12.4 Å². The van der Waals surface area contributed by atoms with E-state index in [1.54, 1.807) is 43.5 Å². The number of nitrogens with zero attached hydrogens (tertiary/aromatic N) is 1. The van der Waals surface area contributed by atoms with Gasteiger partial charge in [-0.1, -0.05) is 0 Å². The summed E-state index contributed by atoms with van der Waals surface area (Å²) >= 11 is 0. The van der Waals surface area contributed by atoms with Crippen molar-refractivity contribution in [2.75, 3.05) is 25.6 Å². The van der Waals surface area contributed by atoms with Gasteiger partial charge in [0.05, 0.1) is 24.3 Å². The van der Waals surface area contributed by atoms with Gasteiger partial charge < -0.3 is 24.5 Å². The van der Waals surface area contributed by atoms with Crippen molar-refractivity contribution in [1.82, 2.24) is 9.97 Å². The van der Waals surface area contributed by atoms with Crippen LogP contribution in [-0.4, -0.2) is 36.2 Å². The number of carbonyl (C=O) groups is 1. The summed E-state index contributed by atoms with van der Waals surface area (Å²) in [5, 5.41) is 3.13. The first-order valence-corrected chi connectivity index (χ1v) is 8.58. The number of fused-ring (bicyclic) bond motifs is 2. The molecule has 0 atom stereocenters. The highest BCUT2D eigenvalue weighted by Gasteiger charge is 2.17. The predicted octanol–water partition coefficient (Wildman–Crippen LogP) is 2.35. The number of benzene rings is 2. The molecule has 0 aliphatic carbocycles. The Morgan fingerprint density at radius 1 is 1.25 bits per heavy atom. The van der Waals surface area contributed by atoms with E-state index in [-0.39, 0.29) is 11.5 Å². The van der Waals surface area contributed by atoms with Crippen molar-refractivity contribution in [2.24, 2.45) is 0 Å². The van der Waals surface area contributed by atoms with Gasteiger partial charge in [0.25, 0.3) is 5.56 Å². The topological polar surface area (TPSA) is 103 Å². The number of H-pyrrole nitrogens is 1. The Morgan fingerprint density at radius 2 is 2.11 bits per heavy atom. The maximum absolute atomic E-state index is 12.3. The SMILES string of the molecule is COc1cc(/C=C/C(=O)Nc2ccc3nc[nH]c(=O)c3c2)cc2c1OCCO2. The average Bonchev–Trinajstić information content (AvgIpc) is 2.72. The van der Waals surface area contributed by atoms with Crippen LogP contribution < -0.4 is 25.1 Å². The Morgan fingerprint density at radius 3 is 2.96 bits per heavy atom. The molecule has 1 aliphatic heterocycles. The smallest absolute Gasteiger partial charge is 0.258 e. The summed E-state index contributed by atoms with van der Waals surface area (Å²) in [5.74, 6) is 1.34. The van der Waals surface area contributed by atoms with E-state index in [0.717, 1.165) is 5.56 Å². The predicted molar refractivity (Wildman–Crippen MR) is 104 cm³/mol. The lowest BCUT2D eigenvalue weighted by atomic mass is 10.1. The van der Waals surface area contributed by atoms with Crippen LogP contribution in [-0.2, 0) is 4.79 Å². The van der Waals surface area contributed by atoms with Crippen LogP contribution >= 0.6 is 0 Å². The molecule has 0 saturated heterocycles. The molecular formula is C20H17N3O5. The fraction of sp³-hybridized carbons (Fsp3) is 0.150. The van der Waals surface area contributed by atoms with E-state index >= 15 is 0 Å². The Labute approximate surface area is 159 Å². The van der Waals surface area contributed by atoms with Crippen LogP contribution in [0.2, 0.25) is 0 Å². The molecule has 1 amide bonds. The van der Waals surface area contributed by atoms with E-state index in [0.29, 0.717) is 47.1 Å². The van der Waals surface area contributed by atoms with Gasteiger partial charge in [-0.15, -0.1) is 0 Å². The van der Waals surface area contributed by atoms with Crippen LogP contribution in [0.15, 0.2) is 47.5 Å². The van der Waals surface area contributed by atoms with Crippen molar-refractivity contribution < 1.29 is 19.0 Å². The number of aromatic amines is 1. The van der Waals surface area contributed by atoms with Gasteiger partial charge in [-0.2, -0.15) is 0 Å². The Kier molecular flexibility index (Phi) is 4.67. The summed E-state index contributed by atoms with van der Waals surface area (Å²) in [6.45, 7) is 0.921. The highest BCUT2D eigenvalue weighted by Crippen LogP contribution is 2.40. The van der Waals surface area contributed by atoms with Crippen LogP contribution in [0.5, 0.6) is 17.2 Å². The molecule has 0 radical (unpaired) electrons. The maximum Gasteiger partial charge on any atom is 0.258 e. The van der Waals surface area contributed by atoms with Crippen LogP contribution in [0.4, 0.5) is 5.69 Å². The standard InChI is InChI=1S/C20H17N3O5/c1-26-16-8-12(9-17-19(16)28-7-6-27-17)2-5-18(24)23-13-3-4-15-14(10-13)20(25)22-11-21-15/h2-5,8-11H,6-7H2,1H3,(H,23,24)(H,21,22,25)/b5-2+. The second-order valence-electron chi connectivity index (χ2n) is 6.03. The van der Waals surface area contributed by atoms with Crippen LogP contribution in [0, 0.1) is 0 Å². The summed E-state index contributed by atoms with van der Waals surface area (Å²) in [5.41, 5.74) is 1.52. The van der Waals surface area contributed by atoms with Gasteiger partial charge in [0.15, 0.2) is 11.5 Å². The molecule has 0 saturated carbocycles. The number of hydrogen-bond donors (Lipinski definition) is 2. The number of amides is 1. The van der Waals surface area contributed by atoms with Gasteiger partial charge in [0, 0.05) is 11.8 Å². The summed E-state index contributed by atoms with van der Waals surface area (Å²) in [4.78, 5) is 30.7. The van der Waals surface area contributed by atoms with Crippen molar-refractivity contribution in [3.05, 3.63) is 58.7 Å². The number of rotatable bonds is 4. The van der Waals surface area contributed by atoms with Gasteiger partial charge in [-0.25, -0.2) is 4.98 Å². The second-order valence-corrected chi connectivity index (χ2v) is 6.03. The summed E-state index contributed by atoms with van der Waals surface area (Å²) in [7, 11) is 1.55. The number of hydrogen-bond acceptors (Lipinski definition) is 6. The number of carbonyl (C=O) groups excluding carboxylic acids is 1. The molecule has 0 fully saturated rings. The van der Waals surface area contributed by atoms with Crippen molar-refractivity contribution in [2.45, 2.75) is 0 Å². The van der Waals surface area contributed by atoms with E-state index in [9.17, 15) is 9.59 Å². The lowest BCUT2D eigenvalue weighted by molar-refractivity contribution is -0.111. The first-order valence-electron chi connectivity index (χ1n) is 8.58. The molecule has 8 heteroatoms. The minimum Gasteiger partial charge on any atom is -0.493 e. The van der Waals surface area contributed by atoms with E-state index in [4.69, 9.17) is 14.2 Å². The van der Waals surface area contributed by atoms with Crippen molar-refractivity contribution in [3.63, 3.8) is 0 Å². The minimum atomic E-state index is -0.339. The number of aromatic nitrogens is 2. The molecule has 2 N–H and O–H groups in total. The molecule has 1 aliphatic rings. The molecule has 1 aromatic heterocycles. The zero-order valence-electron chi connectivity index (χ0n) is 15.0. The van der Waals surface area contributed by atoms with E-state index in [1.807, 2.05) is 0 Å². The number of methoxy groups -OCH3 is 1. The van der Waals surface area contributed by atoms with Crippen LogP contribution in [0.25, 0.3) is 17.0 Å². The fourth-order valence-electron chi connectivity index (χ4n) is 2.89. The maximum atomic E-state index is 12.3. The van der Waals surface area contributed by atoms with E-state index in [2.05, 4.69) is 15.3 Å². The van der Waals surface area contributed by atoms with Gasteiger partial charge in [-0.3, -0.25) is 9.59 Å². The van der Waals surface area contributed by atoms with Gasteiger partial charge >= 0.3 is 0 Å². The fourth-order valence-corrected chi connectivity index (χ4v) is 2.89. The van der Waals surface area contributed by atoms with Crippen molar-refractivity contribution in [3.8, 4) is 17.2 Å². The van der Waals surface area contributed by atoms with E-state index < -0.39 is 0 Å². The molecule has 28 heavy (non-hydrogen) atoms. The first-order chi connectivity index (χ1) is 13.6. The van der Waals surface area contributed by atoms with Crippen LogP contribution in [0.3, 0.4) is 0 Å². The lowest BCUT2D eigenvalue weighted by Gasteiger charge is -2.20. The molecule has 0 unspecified atom stereocenters. The Bertz CT molecular complexity index is 1120. The summed E-state index contributed by atoms with van der Waals surface area (Å²) in [6, 6.07) is 8.49. The molecule has 2 heterocycles. The molecule has 8 nitrogen and oxygen atoms in total. The molecule has 3 aromatic rings. The lowest BCUT2D eigenvalue weighted by Crippen LogP contribution is -2.16. The number of anilines is 1. The van der Waals surface area contributed by atoms with Crippen LogP contribution in [0.1, 0.15) is 5.56 Å².